The van der Waals surface area contributed by atoms with Crippen molar-refractivity contribution in [1.29, 1.82) is 0 Å². The van der Waals surface area contributed by atoms with Crippen LogP contribution in [0.5, 0.6) is 5.75 Å². The van der Waals surface area contributed by atoms with Gasteiger partial charge in [0.2, 0.25) is 10.2 Å². The minimum Gasteiger partial charge on any atom is -0.497 e. The molecule has 1 atom stereocenters. The Hall–Kier alpha value is -4.04. The number of ether oxygens (including phenoxy) is 1. The van der Waals surface area contributed by atoms with Crippen molar-refractivity contribution in [3.8, 4) is 5.75 Å². The highest BCUT2D eigenvalue weighted by molar-refractivity contribution is 7.71. The Morgan fingerprint density at radius 3 is 2.79 bits per heavy atom. The summed E-state index contributed by atoms with van der Waals surface area (Å²) in [5.74, 6) is 1.35. The van der Waals surface area contributed by atoms with E-state index < -0.39 is 0 Å². The van der Waals surface area contributed by atoms with E-state index in [0.29, 0.717) is 27.1 Å². The van der Waals surface area contributed by atoms with Gasteiger partial charge in [-0.3, -0.25) is 9.89 Å². The predicted octanol–water partition coefficient (Wildman–Crippen LogP) is 5.24. The Bertz CT molecular complexity index is 1630. The number of fused-ring (bicyclic) bond motifs is 2. The van der Waals surface area contributed by atoms with Crippen LogP contribution in [0.3, 0.4) is 0 Å². The largest absolute Gasteiger partial charge is 0.497 e. The highest BCUT2D eigenvalue weighted by Gasteiger charge is 2.17. The monoisotopic (exact) mass is 456 g/mol. The SMILES string of the molecule is COc1ccc2cc(C(C)c3n[nH]c(=S)n3/N=C/c3coc4ccccc4c3=O)ccc2c1. The number of nitrogens with one attached hydrogen (secondary N) is 1. The third kappa shape index (κ3) is 3.85. The van der Waals surface area contributed by atoms with Gasteiger partial charge in [-0.05, 0) is 52.8 Å². The fourth-order valence-corrected chi connectivity index (χ4v) is 3.97. The van der Waals surface area contributed by atoms with Gasteiger partial charge in [-0.1, -0.05) is 43.3 Å². The Balaban J connectivity index is 1.51. The molecular formula is C25H20N4O3S. The first-order valence-corrected chi connectivity index (χ1v) is 10.8. The zero-order valence-electron chi connectivity index (χ0n) is 18.0. The lowest BCUT2D eigenvalue weighted by Gasteiger charge is -2.12. The van der Waals surface area contributed by atoms with Gasteiger partial charge in [-0.15, -0.1) is 0 Å². The van der Waals surface area contributed by atoms with Crippen LogP contribution in [-0.2, 0) is 0 Å². The fraction of sp³-hybridized carbons (Fsp3) is 0.120. The molecule has 5 rings (SSSR count). The number of hydrogen-bond acceptors (Lipinski definition) is 6. The molecule has 0 spiro atoms. The lowest BCUT2D eigenvalue weighted by Crippen LogP contribution is -2.10. The van der Waals surface area contributed by atoms with E-state index in [1.807, 2.05) is 31.2 Å². The lowest BCUT2D eigenvalue weighted by molar-refractivity contribution is 0.415. The molecule has 0 radical (unpaired) electrons. The van der Waals surface area contributed by atoms with E-state index >= 15 is 0 Å². The van der Waals surface area contributed by atoms with E-state index in [9.17, 15) is 4.79 Å². The highest BCUT2D eigenvalue weighted by Crippen LogP contribution is 2.28. The van der Waals surface area contributed by atoms with Crippen LogP contribution in [0.1, 0.15) is 29.8 Å². The molecule has 1 unspecified atom stereocenters. The third-order valence-electron chi connectivity index (χ3n) is 5.65. The van der Waals surface area contributed by atoms with E-state index in [0.717, 1.165) is 22.1 Å². The minimum atomic E-state index is -0.157. The smallest absolute Gasteiger partial charge is 0.216 e. The molecule has 0 bridgehead atoms. The number of H-pyrrole nitrogens is 1. The molecule has 0 aliphatic heterocycles. The molecule has 164 valence electrons. The second kappa shape index (κ2) is 8.48. The van der Waals surface area contributed by atoms with Gasteiger partial charge >= 0.3 is 0 Å². The van der Waals surface area contributed by atoms with Crippen LogP contribution in [-0.4, -0.2) is 28.2 Å². The van der Waals surface area contributed by atoms with Crippen molar-refractivity contribution in [3.63, 3.8) is 0 Å². The first-order chi connectivity index (χ1) is 16.0. The van der Waals surface area contributed by atoms with Gasteiger partial charge in [0.15, 0.2) is 5.82 Å². The molecule has 0 amide bonds. The maximum Gasteiger partial charge on any atom is 0.216 e. The van der Waals surface area contributed by atoms with Crippen LogP contribution < -0.4 is 10.2 Å². The van der Waals surface area contributed by atoms with E-state index in [2.05, 4.69) is 33.5 Å². The molecule has 0 fully saturated rings. The summed E-state index contributed by atoms with van der Waals surface area (Å²) in [5.41, 5.74) is 1.76. The van der Waals surface area contributed by atoms with Crippen LogP contribution in [0.25, 0.3) is 21.7 Å². The summed E-state index contributed by atoms with van der Waals surface area (Å²) >= 11 is 5.39. The van der Waals surface area contributed by atoms with Crippen molar-refractivity contribution < 1.29 is 9.15 Å². The van der Waals surface area contributed by atoms with E-state index in [1.54, 1.807) is 25.3 Å². The van der Waals surface area contributed by atoms with Gasteiger partial charge in [0.05, 0.1) is 24.3 Å². The summed E-state index contributed by atoms with van der Waals surface area (Å²) in [6, 6.07) is 19.3. The molecule has 33 heavy (non-hydrogen) atoms. The molecule has 2 aromatic heterocycles. The first-order valence-electron chi connectivity index (χ1n) is 10.3. The maximum atomic E-state index is 12.8. The molecule has 5 aromatic rings. The van der Waals surface area contributed by atoms with Gasteiger partial charge in [-0.25, -0.2) is 0 Å². The summed E-state index contributed by atoms with van der Waals surface area (Å²) in [5, 5.41) is 14.3. The summed E-state index contributed by atoms with van der Waals surface area (Å²) < 4.78 is 12.8. The Morgan fingerprint density at radius 2 is 1.94 bits per heavy atom. The normalized spacial score (nSPS) is 12.5. The average molecular weight is 457 g/mol. The van der Waals surface area contributed by atoms with Crippen LogP contribution in [0, 0.1) is 4.77 Å². The molecule has 3 aromatic carbocycles. The summed E-state index contributed by atoms with van der Waals surface area (Å²) in [6.07, 6.45) is 2.85. The lowest BCUT2D eigenvalue weighted by atomic mass is 9.97. The third-order valence-corrected chi connectivity index (χ3v) is 5.92. The highest BCUT2D eigenvalue weighted by atomic mass is 32.1. The molecule has 0 saturated heterocycles. The molecule has 0 saturated carbocycles. The molecule has 8 heteroatoms. The van der Waals surface area contributed by atoms with Crippen LogP contribution in [0.2, 0.25) is 0 Å². The molecule has 1 N–H and O–H groups in total. The number of benzene rings is 3. The summed E-state index contributed by atoms with van der Waals surface area (Å²) in [4.78, 5) is 12.8. The number of nitrogens with zero attached hydrogens (tertiary/aromatic N) is 3. The predicted molar refractivity (Wildman–Crippen MR) is 131 cm³/mol. The van der Waals surface area contributed by atoms with Gasteiger partial charge in [0, 0.05) is 5.92 Å². The first kappa shape index (κ1) is 20.8. The molecule has 2 heterocycles. The quantitative estimate of drug-likeness (QED) is 0.289. The number of rotatable bonds is 5. The van der Waals surface area contributed by atoms with E-state index in [4.69, 9.17) is 21.4 Å². The van der Waals surface area contributed by atoms with Crippen molar-refractivity contribution in [3.05, 3.63) is 98.9 Å². The van der Waals surface area contributed by atoms with Crippen LogP contribution >= 0.6 is 12.2 Å². The maximum absolute atomic E-state index is 12.8. The van der Waals surface area contributed by atoms with Crippen LogP contribution in [0.15, 0.2) is 81.2 Å². The number of hydrogen-bond donors (Lipinski definition) is 1. The Kier molecular flexibility index (Phi) is 5.35. The van der Waals surface area contributed by atoms with Gasteiger partial charge < -0.3 is 9.15 Å². The van der Waals surface area contributed by atoms with Gasteiger partial charge in [-0.2, -0.15) is 14.9 Å². The summed E-state index contributed by atoms with van der Waals surface area (Å²) in [6.45, 7) is 2.03. The van der Waals surface area contributed by atoms with Crippen molar-refractivity contribution >= 4 is 40.2 Å². The molecule has 7 nitrogen and oxygen atoms in total. The Morgan fingerprint density at radius 1 is 1.15 bits per heavy atom. The van der Waals surface area contributed by atoms with Crippen molar-refractivity contribution in [2.45, 2.75) is 12.8 Å². The van der Waals surface area contributed by atoms with Crippen molar-refractivity contribution in [2.24, 2.45) is 5.10 Å². The second-order valence-electron chi connectivity index (χ2n) is 7.65. The number of aromatic nitrogens is 3. The molecule has 0 aliphatic rings. The van der Waals surface area contributed by atoms with E-state index in [1.165, 1.54) is 17.2 Å². The van der Waals surface area contributed by atoms with Crippen molar-refractivity contribution in [2.75, 3.05) is 7.11 Å². The fourth-order valence-electron chi connectivity index (χ4n) is 3.79. The standard InChI is InChI=1S/C25H20N4O3S/c1-15(16-7-8-18-12-20(31-2)10-9-17(18)11-16)24-27-28-25(33)29(24)26-13-19-14-32-22-6-4-3-5-21(22)23(19)30/h3-15H,1-2H3,(H,28,33)/b26-13+. The molecule has 0 aliphatic carbocycles. The second-order valence-corrected chi connectivity index (χ2v) is 8.04. The Labute approximate surface area is 193 Å². The number of methoxy groups -OCH3 is 1. The summed E-state index contributed by atoms with van der Waals surface area (Å²) in [7, 11) is 1.66. The minimum absolute atomic E-state index is 0.102. The topological polar surface area (TPSA) is 85.4 Å². The zero-order valence-corrected chi connectivity index (χ0v) is 18.8. The number of para-hydroxylation sites is 1. The van der Waals surface area contributed by atoms with Gasteiger partial charge in [0.25, 0.3) is 0 Å². The van der Waals surface area contributed by atoms with Gasteiger partial charge in [0.1, 0.15) is 17.6 Å². The number of aromatic amines is 1. The van der Waals surface area contributed by atoms with Crippen molar-refractivity contribution in [1.82, 2.24) is 14.9 Å². The van der Waals surface area contributed by atoms with Crippen LogP contribution in [0.4, 0.5) is 0 Å². The molecular weight excluding hydrogens is 436 g/mol. The average Bonchev–Trinajstić information content (AvgIpc) is 3.22. The zero-order chi connectivity index (χ0) is 22.9. The van der Waals surface area contributed by atoms with E-state index in [-0.39, 0.29) is 11.3 Å².